The molecule has 3 rings (SSSR count). The van der Waals surface area contributed by atoms with Gasteiger partial charge in [0, 0.05) is 12.5 Å². The summed E-state index contributed by atoms with van der Waals surface area (Å²) in [6, 6.07) is 21.7. The van der Waals surface area contributed by atoms with Gasteiger partial charge in [0.2, 0.25) is 0 Å². The Kier molecular flexibility index (Phi) is 7.13. The number of carbonyl (C=O) groups is 1. The van der Waals surface area contributed by atoms with Crippen LogP contribution in [0.5, 0.6) is 0 Å². The minimum absolute atomic E-state index is 0.0115. The third-order valence-corrected chi connectivity index (χ3v) is 11.9. The SMILES string of the molecule is C[C@@H](CCO[Si](c1ccccc1)(c1ccccc1)C(C)(C)C)C1CCCC1C=O. The quantitative estimate of drug-likeness (QED) is 0.443. The first kappa shape index (κ1) is 22.0. The molecule has 1 saturated carbocycles. The Labute approximate surface area is 177 Å². The molecule has 0 spiro atoms. The van der Waals surface area contributed by atoms with Crippen molar-refractivity contribution >= 4 is 25.0 Å². The van der Waals surface area contributed by atoms with Gasteiger partial charge in [-0.3, -0.25) is 0 Å². The van der Waals surface area contributed by atoms with Crippen LogP contribution in [0.4, 0.5) is 0 Å². The van der Waals surface area contributed by atoms with E-state index in [0.717, 1.165) is 19.4 Å². The highest BCUT2D eigenvalue weighted by Gasteiger charge is 2.50. The second-order valence-electron chi connectivity index (χ2n) is 9.67. The van der Waals surface area contributed by atoms with Crippen LogP contribution in [0, 0.1) is 17.8 Å². The molecule has 0 heterocycles. The Morgan fingerprint density at radius 3 is 2.03 bits per heavy atom. The molecule has 3 heteroatoms. The van der Waals surface area contributed by atoms with E-state index in [9.17, 15) is 4.79 Å². The molecule has 3 atom stereocenters. The Morgan fingerprint density at radius 2 is 1.55 bits per heavy atom. The summed E-state index contributed by atoms with van der Waals surface area (Å²) in [6.07, 6.45) is 5.64. The number of hydrogen-bond acceptors (Lipinski definition) is 2. The van der Waals surface area contributed by atoms with E-state index in [2.05, 4.69) is 88.4 Å². The van der Waals surface area contributed by atoms with Gasteiger partial charge >= 0.3 is 0 Å². The normalized spacial score (nSPS) is 21.1. The van der Waals surface area contributed by atoms with Crippen LogP contribution in [0.15, 0.2) is 60.7 Å². The Morgan fingerprint density at radius 1 is 1.00 bits per heavy atom. The van der Waals surface area contributed by atoms with E-state index in [1.807, 2.05) is 0 Å². The molecule has 2 aromatic rings. The minimum atomic E-state index is -2.45. The second kappa shape index (κ2) is 9.40. The third kappa shape index (κ3) is 4.56. The first-order chi connectivity index (χ1) is 13.9. The lowest BCUT2D eigenvalue weighted by Crippen LogP contribution is -2.66. The first-order valence-corrected chi connectivity index (χ1v) is 13.0. The first-order valence-electron chi connectivity index (χ1n) is 11.1. The lowest BCUT2D eigenvalue weighted by molar-refractivity contribution is -0.112. The van der Waals surface area contributed by atoms with Crippen molar-refractivity contribution in [3.8, 4) is 0 Å². The predicted octanol–water partition coefficient (Wildman–Crippen LogP) is 5.20. The minimum Gasteiger partial charge on any atom is -0.407 e. The van der Waals surface area contributed by atoms with E-state index >= 15 is 0 Å². The van der Waals surface area contributed by atoms with Gasteiger partial charge < -0.3 is 9.22 Å². The average Bonchev–Trinajstić information content (AvgIpc) is 3.20. The van der Waals surface area contributed by atoms with E-state index in [0.29, 0.717) is 11.8 Å². The Hall–Kier alpha value is -1.71. The molecule has 0 amide bonds. The Bertz CT molecular complexity index is 727. The smallest absolute Gasteiger partial charge is 0.261 e. The van der Waals surface area contributed by atoms with E-state index in [1.165, 1.54) is 29.5 Å². The molecule has 0 radical (unpaired) electrons. The predicted molar refractivity (Wildman–Crippen MR) is 124 cm³/mol. The summed E-state index contributed by atoms with van der Waals surface area (Å²) in [5, 5.41) is 2.67. The number of aldehydes is 1. The molecule has 0 bridgehead atoms. The monoisotopic (exact) mass is 408 g/mol. The molecule has 0 N–H and O–H groups in total. The van der Waals surface area contributed by atoms with Gasteiger partial charge in [-0.2, -0.15) is 0 Å². The number of benzene rings is 2. The van der Waals surface area contributed by atoms with Crippen LogP contribution in [0.1, 0.15) is 53.4 Å². The molecule has 0 aliphatic heterocycles. The molecule has 1 aliphatic carbocycles. The van der Waals surface area contributed by atoms with Gasteiger partial charge in [-0.15, -0.1) is 0 Å². The molecule has 1 fully saturated rings. The van der Waals surface area contributed by atoms with Crippen molar-refractivity contribution in [2.24, 2.45) is 17.8 Å². The summed E-state index contributed by atoms with van der Waals surface area (Å²) in [4.78, 5) is 11.4. The zero-order valence-corrected chi connectivity index (χ0v) is 19.4. The fourth-order valence-electron chi connectivity index (χ4n) is 5.27. The maximum absolute atomic E-state index is 11.4. The van der Waals surface area contributed by atoms with Crippen LogP contribution in [0.3, 0.4) is 0 Å². The van der Waals surface area contributed by atoms with Crippen molar-refractivity contribution in [2.75, 3.05) is 6.61 Å². The van der Waals surface area contributed by atoms with Crippen molar-refractivity contribution in [1.82, 2.24) is 0 Å². The van der Waals surface area contributed by atoms with Gasteiger partial charge in [-0.05, 0) is 46.5 Å². The van der Waals surface area contributed by atoms with Crippen LogP contribution in [-0.2, 0) is 9.22 Å². The van der Waals surface area contributed by atoms with Crippen molar-refractivity contribution < 1.29 is 9.22 Å². The average molecular weight is 409 g/mol. The summed E-state index contributed by atoms with van der Waals surface area (Å²) < 4.78 is 7.02. The Balaban J connectivity index is 1.87. The van der Waals surface area contributed by atoms with Gasteiger partial charge in [0.05, 0.1) is 0 Å². The lowest BCUT2D eigenvalue weighted by atomic mass is 9.84. The van der Waals surface area contributed by atoms with Crippen LogP contribution in [0.2, 0.25) is 5.04 Å². The van der Waals surface area contributed by atoms with Gasteiger partial charge in [0.15, 0.2) is 0 Å². The topological polar surface area (TPSA) is 26.3 Å². The molecule has 1 aliphatic rings. The number of rotatable bonds is 8. The third-order valence-electron chi connectivity index (χ3n) is 6.84. The van der Waals surface area contributed by atoms with Crippen molar-refractivity contribution in [1.29, 1.82) is 0 Å². The van der Waals surface area contributed by atoms with Crippen LogP contribution in [-0.4, -0.2) is 21.2 Å². The molecule has 0 saturated heterocycles. The fourth-order valence-corrected chi connectivity index (χ4v) is 9.85. The van der Waals surface area contributed by atoms with Crippen LogP contribution >= 0.6 is 0 Å². The molecule has 0 aromatic heterocycles. The second-order valence-corrected chi connectivity index (χ2v) is 14.0. The van der Waals surface area contributed by atoms with Crippen molar-refractivity contribution in [2.45, 2.75) is 58.4 Å². The van der Waals surface area contributed by atoms with E-state index in [-0.39, 0.29) is 11.0 Å². The zero-order valence-electron chi connectivity index (χ0n) is 18.4. The highest BCUT2D eigenvalue weighted by Crippen LogP contribution is 2.39. The van der Waals surface area contributed by atoms with E-state index in [1.54, 1.807) is 0 Å². The van der Waals surface area contributed by atoms with Gasteiger partial charge in [-0.25, -0.2) is 0 Å². The standard InChI is InChI=1S/C26H36O2Si/c1-21(25-17-11-12-22(25)20-27)18-19-28-29(26(2,3)4,23-13-7-5-8-14-23)24-15-9-6-10-16-24/h5-10,13-16,20-22,25H,11-12,17-19H2,1-4H3/t21-,22?,25?/m0/s1. The summed E-state index contributed by atoms with van der Waals surface area (Å²) in [7, 11) is -2.45. The fraction of sp³-hybridized carbons (Fsp3) is 0.500. The maximum atomic E-state index is 11.4. The molecule has 2 unspecified atom stereocenters. The number of hydrogen-bond donors (Lipinski definition) is 0. The summed E-state index contributed by atoms with van der Waals surface area (Å²) in [5.41, 5.74) is 0. The highest BCUT2D eigenvalue weighted by atomic mass is 28.4. The van der Waals surface area contributed by atoms with Crippen molar-refractivity contribution in [3.05, 3.63) is 60.7 Å². The summed E-state index contributed by atoms with van der Waals surface area (Å²) >= 11 is 0. The van der Waals surface area contributed by atoms with E-state index in [4.69, 9.17) is 4.43 Å². The van der Waals surface area contributed by atoms with Crippen molar-refractivity contribution in [3.63, 3.8) is 0 Å². The van der Waals surface area contributed by atoms with Gasteiger partial charge in [-0.1, -0.05) is 94.8 Å². The molecule has 29 heavy (non-hydrogen) atoms. The lowest BCUT2D eigenvalue weighted by Gasteiger charge is -2.43. The van der Waals surface area contributed by atoms with Crippen LogP contribution < -0.4 is 10.4 Å². The van der Waals surface area contributed by atoms with E-state index < -0.39 is 8.32 Å². The summed E-state index contributed by atoms with van der Waals surface area (Å²) in [6.45, 7) is 10.0. The van der Waals surface area contributed by atoms with Gasteiger partial charge in [0.1, 0.15) is 6.29 Å². The van der Waals surface area contributed by atoms with Gasteiger partial charge in [0.25, 0.3) is 8.32 Å². The number of carbonyl (C=O) groups excluding carboxylic acids is 1. The largest absolute Gasteiger partial charge is 0.407 e. The van der Waals surface area contributed by atoms with Crippen LogP contribution in [0.25, 0.3) is 0 Å². The summed E-state index contributed by atoms with van der Waals surface area (Å²) in [5.74, 6) is 1.29. The molecular weight excluding hydrogens is 372 g/mol. The zero-order chi connectivity index (χ0) is 20.9. The molecular formula is C26H36O2Si. The molecule has 156 valence electrons. The molecule has 2 nitrogen and oxygen atoms in total. The molecule has 2 aromatic carbocycles. The maximum Gasteiger partial charge on any atom is 0.261 e. The highest BCUT2D eigenvalue weighted by molar-refractivity contribution is 6.99.